The highest BCUT2D eigenvalue weighted by molar-refractivity contribution is 7.91. The summed E-state index contributed by atoms with van der Waals surface area (Å²) in [4.78, 5) is 0.744. The van der Waals surface area contributed by atoms with Crippen molar-refractivity contribution in [2.75, 3.05) is 0 Å². The van der Waals surface area contributed by atoms with E-state index in [1.807, 2.05) is 32.9 Å². The molecule has 0 bridgehead atoms. The monoisotopic (exact) mass is 260 g/mol. The van der Waals surface area contributed by atoms with Crippen LogP contribution in [-0.4, -0.2) is 8.42 Å². The van der Waals surface area contributed by atoms with Gasteiger partial charge in [0.25, 0.3) is 0 Å². The Balaban J connectivity index is 2.67. The summed E-state index contributed by atoms with van der Waals surface area (Å²) >= 11 is 0. The summed E-state index contributed by atoms with van der Waals surface area (Å²) in [5.41, 5.74) is 2.98. The van der Waals surface area contributed by atoms with E-state index in [0.717, 1.165) is 16.7 Å². The van der Waals surface area contributed by atoms with Gasteiger partial charge in [0.2, 0.25) is 9.84 Å². The number of benzene rings is 2. The average Bonchev–Trinajstić information content (AvgIpc) is 2.37. The zero-order valence-corrected chi connectivity index (χ0v) is 11.6. The van der Waals surface area contributed by atoms with Crippen molar-refractivity contribution in [1.29, 1.82) is 0 Å². The molecule has 18 heavy (non-hydrogen) atoms. The third-order valence-electron chi connectivity index (χ3n) is 3.35. The summed E-state index contributed by atoms with van der Waals surface area (Å²) in [5, 5.41) is 0. The maximum absolute atomic E-state index is 12.5. The molecule has 2 nitrogen and oxygen atoms in total. The minimum Gasteiger partial charge on any atom is -0.219 e. The van der Waals surface area contributed by atoms with E-state index < -0.39 is 9.84 Å². The van der Waals surface area contributed by atoms with Crippen LogP contribution in [0.3, 0.4) is 0 Å². The van der Waals surface area contributed by atoms with Crippen LogP contribution in [0.25, 0.3) is 0 Å². The van der Waals surface area contributed by atoms with E-state index in [1.54, 1.807) is 30.3 Å². The first-order valence-corrected chi connectivity index (χ1v) is 7.30. The Morgan fingerprint density at radius 1 is 0.778 bits per heavy atom. The van der Waals surface area contributed by atoms with Gasteiger partial charge < -0.3 is 0 Å². The topological polar surface area (TPSA) is 34.1 Å². The lowest BCUT2D eigenvalue weighted by molar-refractivity contribution is 0.595. The highest BCUT2D eigenvalue weighted by Crippen LogP contribution is 2.26. The van der Waals surface area contributed by atoms with Gasteiger partial charge in [-0.25, -0.2) is 8.42 Å². The predicted molar refractivity (Wildman–Crippen MR) is 72.5 cm³/mol. The Labute approximate surface area is 108 Å². The van der Waals surface area contributed by atoms with E-state index in [-0.39, 0.29) is 0 Å². The summed E-state index contributed by atoms with van der Waals surface area (Å²) in [6, 6.07) is 12.1. The van der Waals surface area contributed by atoms with Gasteiger partial charge >= 0.3 is 0 Å². The first-order valence-electron chi connectivity index (χ1n) is 5.81. The van der Waals surface area contributed by atoms with E-state index in [2.05, 4.69) is 0 Å². The largest absolute Gasteiger partial charge is 0.219 e. The van der Waals surface area contributed by atoms with Gasteiger partial charge in [0.1, 0.15) is 0 Å². The molecule has 0 fully saturated rings. The zero-order valence-electron chi connectivity index (χ0n) is 10.8. The maximum Gasteiger partial charge on any atom is 0.206 e. The van der Waals surface area contributed by atoms with Gasteiger partial charge in [-0.05, 0) is 55.7 Å². The van der Waals surface area contributed by atoms with Gasteiger partial charge in [-0.3, -0.25) is 0 Å². The molecule has 0 saturated carbocycles. The van der Waals surface area contributed by atoms with Crippen LogP contribution in [0.1, 0.15) is 16.7 Å². The highest BCUT2D eigenvalue weighted by Gasteiger charge is 2.20. The molecule has 0 atom stereocenters. The van der Waals surface area contributed by atoms with Crippen molar-refractivity contribution in [2.45, 2.75) is 30.6 Å². The van der Waals surface area contributed by atoms with E-state index in [4.69, 9.17) is 0 Å². The Hall–Kier alpha value is -1.61. The Morgan fingerprint density at radius 2 is 1.39 bits per heavy atom. The standard InChI is InChI=1S/C15H16O2S/c1-11-9-10-15(13(3)12(11)2)18(16,17)14-7-5-4-6-8-14/h4-10H,1-3H3. The molecule has 0 aliphatic carbocycles. The van der Waals surface area contributed by atoms with Gasteiger partial charge in [-0.15, -0.1) is 0 Å². The summed E-state index contributed by atoms with van der Waals surface area (Å²) in [7, 11) is -3.41. The van der Waals surface area contributed by atoms with Crippen molar-refractivity contribution < 1.29 is 8.42 Å². The average molecular weight is 260 g/mol. The normalized spacial score (nSPS) is 11.5. The number of rotatable bonds is 2. The molecule has 0 aromatic heterocycles. The highest BCUT2D eigenvalue weighted by atomic mass is 32.2. The number of hydrogen-bond acceptors (Lipinski definition) is 2. The number of hydrogen-bond donors (Lipinski definition) is 0. The second-order valence-corrected chi connectivity index (χ2v) is 6.37. The smallest absolute Gasteiger partial charge is 0.206 e. The molecular weight excluding hydrogens is 244 g/mol. The van der Waals surface area contributed by atoms with Crippen LogP contribution < -0.4 is 0 Å². The number of aryl methyl sites for hydroxylation is 1. The molecule has 0 N–H and O–H groups in total. The summed E-state index contributed by atoms with van der Waals surface area (Å²) in [5.74, 6) is 0. The van der Waals surface area contributed by atoms with E-state index >= 15 is 0 Å². The third-order valence-corrected chi connectivity index (χ3v) is 5.27. The fraction of sp³-hybridized carbons (Fsp3) is 0.200. The minimum atomic E-state index is -3.41. The Morgan fingerprint density at radius 3 is 2.00 bits per heavy atom. The van der Waals surface area contributed by atoms with Crippen molar-refractivity contribution in [1.82, 2.24) is 0 Å². The van der Waals surface area contributed by atoms with Crippen LogP contribution in [0.2, 0.25) is 0 Å². The van der Waals surface area contributed by atoms with E-state index in [9.17, 15) is 8.42 Å². The molecule has 0 aliphatic heterocycles. The van der Waals surface area contributed by atoms with Crippen LogP contribution in [0, 0.1) is 20.8 Å². The summed E-state index contributed by atoms with van der Waals surface area (Å²) in [6.45, 7) is 5.80. The van der Waals surface area contributed by atoms with Crippen molar-refractivity contribution >= 4 is 9.84 Å². The molecule has 0 saturated heterocycles. The fourth-order valence-electron chi connectivity index (χ4n) is 1.95. The second kappa shape index (κ2) is 4.58. The van der Waals surface area contributed by atoms with E-state index in [0.29, 0.717) is 9.79 Å². The third kappa shape index (κ3) is 2.06. The van der Waals surface area contributed by atoms with E-state index in [1.165, 1.54) is 0 Å². The van der Waals surface area contributed by atoms with Crippen LogP contribution in [-0.2, 0) is 9.84 Å². The molecule has 2 aromatic rings. The second-order valence-electron chi connectivity index (χ2n) is 4.45. The first kappa shape index (κ1) is 12.8. The molecule has 0 unspecified atom stereocenters. The zero-order chi connectivity index (χ0) is 13.3. The molecule has 2 rings (SSSR count). The lowest BCUT2D eigenvalue weighted by Crippen LogP contribution is -2.05. The van der Waals surface area contributed by atoms with Crippen LogP contribution in [0.5, 0.6) is 0 Å². The van der Waals surface area contributed by atoms with Crippen molar-refractivity contribution in [3.05, 3.63) is 59.2 Å². The van der Waals surface area contributed by atoms with Gasteiger partial charge in [0.05, 0.1) is 9.79 Å². The fourth-order valence-corrected chi connectivity index (χ4v) is 3.52. The Bertz CT molecular complexity index is 671. The molecule has 0 radical (unpaired) electrons. The quantitative estimate of drug-likeness (QED) is 0.829. The SMILES string of the molecule is Cc1ccc(S(=O)(=O)c2ccccc2)c(C)c1C. The van der Waals surface area contributed by atoms with Gasteiger partial charge in [0, 0.05) is 0 Å². The lowest BCUT2D eigenvalue weighted by atomic mass is 10.1. The van der Waals surface area contributed by atoms with Crippen LogP contribution in [0.4, 0.5) is 0 Å². The molecular formula is C15H16O2S. The molecule has 3 heteroatoms. The van der Waals surface area contributed by atoms with Gasteiger partial charge in [-0.1, -0.05) is 24.3 Å². The summed E-state index contributed by atoms with van der Waals surface area (Å²) in [6.07, 6.45) is 0. The first-order chi connectivity index (χ1) is 8.44. The van der Waals surface area contributed by atoms with Crippen molar-refractivity contribution in [2.24, 2.45) is 0 Å². The lowest BCUT2D eigenvalue weighted by Gasteiger charge is -2.11. The van der Waals surface area contributed by atoms with Crippen LogP contribution >= 0.6 is 0 Å². The van der Waals surface area contributed by atoms with Crippen molar-refractivity contribution in [3.8, 4) is 0 Å². The molecule has 0 spiro atoms. The van der Waals surface area contributed by atoms with Gasteiger partial charge in [-0.2, -0.15) is 0 Å². The van der Waals surface area contributed by atoms with Crippen molar-refractivity contribution in [3.63, 3.8) is 0 Å². The molecule has 94 valence electrons. The molecule has 0 amide bonds. The Kier molecular flexibility index (Phi) is 3.26. The van der Waals surface area contributed by atoms with Gasteiger partial charge in [0.15, 0.2) is 0 Å². The summed E-state index contributed by atoms with van der Waals surface area (Å²) < 4.78 is 25.0. The number of sulfone groups is 1. The molecule has 2 aromatic carbocycles. The maximum atomic E-state index is 12.5. The molecule has 0 aliphatic rings. The molecule has 0 heterocycles. The van der Waals surface area contributed by atoms with Crippen LogP contribution in [0.15, 0.2) is 52.3 Å². The predicted octanol–water partition coefficient (Wildman–Crippen LogP) is 3.44. The minimum absolute atomic E-state index is 0.344.